The molecule has 1 aromatic rings. The van der Waals surface area contributed by atoms with Crippen LogP contribution in [0.4, 0.5) is 5.13 Å². The van der Waals surface area contributed by atoms with Crippen LogP contribution in [0.5, 0.6) is 0 Å². The minimum Gasteiger partial charge on any atom is -0.326 e. The average molecular weight is 329 g/mol. The van der Waals surface area contributed by atoms with Crippen molar-refractivity contribution in [3.63, 3.8) is 0 Å². The second kappa shape index (κ2) is 8.07. The van der Waals surface area contributed by atoms with Gasteiger partial charge < -0.3 is 5.73 Å². The number of hydrogen-bond donors (Lipinski definition) is 2. The van der Waals surface area contributed by atoms with Crippen LogP contribution >= 0.6 is 23.3 Å². The van der Waals surface area contributed by atoms with Gasteiger partial charge in [0, 0.05) is 29.9 Å². The van der Waals surface area contributed by atoms with E-state index in [-0.39, 0.29) is 11.9 Å². The Morgan fingerprint density at radius 2 is 2.43 bits per heavy atom. The van der Waals surface area contributed by atoms with E-state index < -0.39 is 0 Å². The van der Waals surface area contributed by atoms with Gasteiger partial charge in [-0.25, -0.2) is 0 Å². The van der Waals surface area contributed by atoms with Gasteiger partial charge in [0.15, 0.2) is 0 Å². The minimum atomic E-state index is -0.0417. The van der Waals surface area contributed by atoms with Crippen molar-refractivity contribution in [1.82, 2.24) is 14.3 Å². The molecule has 0 aliphatic carbocycles. The molecular formula is C13H23N5OS2. The first-order chi connectivity index (χ1) is 10.1. The van der Waals surface area contributed by atoms with Gasteiger partial charge in [-0.2, -0.15) is 9.36 Å². The number of carbonyl (C=O) groups is 1. The molecule has 3 N–H and O–H groups in total. The smallest absolute Gasteiger partial charge is 0.240 e. The molecule has 0 aromatic carbocycles. The zero-order valence-corrected chi connectivity index (χ0v) is 14.2. The Hall–Kier alpha value is -0.700. The fraction of sp³-hybridized carbons (Fsp3) is 0.769. The number of nitrogens with one attached hydrogen (secondary N) is 1. The average Bonchev–Trinajstić information content (AvgIpc) is 2.88. The van der Waals surface area contributed by atoms with Gasteiger partial charge in [0.1, 0.15) is 0 Å². The molecule has 0 radical (unpaired) electrons. The number of aromatic nitrogens is 2. The maximum Gasteiger partial charge on any atom is 0.240 e. The van der Waals surface area contributed by atoms with Gasteiger partial charge in [0.25, 0.3) is 0 Å². The first-order valence-electron chi connectivity index (χ1n) is 7.32. The first kappa shape index (κ1) is 16.7. The molecule has 21 heavy (non-hydrogen) atoms. The fourth-order valence-electron chi connectivity index (χ4n) is 2.19. The quantitative estimate of drug-likeness (QED) is 0.772. The van der Waals surface area contributed by atoms with E-state index in [9.17, 15) is 4.79 Å². The summed E-state index contributed by atoms with van der Waals surface area (Å²) >= 11 is 2.85. The molecule has 6 nitrogen and oxygen atoms in total. The number of anilines is 1. The van der Waals surface area contributed by atoms with Crippen molar-refractivity contribution >= 4 is 34.3 Å². The molecule has 0 spiro atoms. The summed E-state index contributed by atoms with van der Waals surface area (Å²) in [4.78, 5) is 18.4. The summed E-state index contributed by atoms with van der Waals surface area (Å²) in [5, 5.41) is 4.14. The number of piperidine rings is 1. The monoisotopic (exact) mass is 329 g/mol. The predicted molar refractivity (Wildman–Crippen MR) is 87.8 cm³/mol. The fourth-order valence-corrected chi connectivity index (χ4v) is 3.60. The first-order valence-corrected chi connectivity index (χ1v) is 9.08. The van der Waals surface area contributed by atoms with Crippen LogP contribution < -0.4 is 11.1 Å². The minimum absolute atomic E-state index is 0.0417. The number of carbonyl (C=O) groups excluding carboxylic acids is 1. The lowest BCUT2D eigenvalue weighted by molar-refractivity contribution is -0.117. The Morgan fingerprint density at radius 1 is 1.62 bits per heavy atom. The molecule has 0 bridgehead atoms. The second-order valence-corrected chi connectivity index (χ2v) is 7.26. The Balaban J connectivity index is 1.77. The molecule has 1 amide bonds. The summed E-state index contributed by atoms with van der Waals surface area (Å²) < 4.78 is 4.22. The van der Waals surface area contributed by atoms with Gasteiger partial charge in [0.05, 0.1) is 6.54 Å². The molecule has 8 heteroatoms. The van der Waals surface area contributed by atoms with Crippen molar-refractivity contribution in [2.45, 2.75) is 37.9 Å². The maximum atomic E-state index is 12.0. The molecule has 2 atom stereocenters. The molecule has 1 aliphatic heterocycles. The van der Waals surface area contributed by atoms with Crippen molar-refractivity contribution in [2.24, 2.45) is 11.7 Å². The van der Waals surface area contributed by atoms with Gasteiger partial charge in [-0.1, -0.05) is 25.6 Å². The number of hydrogen-bond acceptors (Lipinski definition) is 7. The van der Waals surface area contributed by atoms with Crippen molar-refractivity contribution in [1.29, 1.82) is 0 Å². The molecule has 2 heterocycles. The molecule has 1 fully saturated rings. The Kier molecular flexibility index (Phi) is 6.40. The highest BCUT2D eigenvalue weighted by atomic mass is 32.2. The van der Waals surface area contributed by atoms with E-state index in [1.54, 1.807) is 11.8 Å². The van der Waals surface area contributed by atoms with Gasteiger partial charge in [0.2, 0.25) is 16.2 Å². The zero-order chi connectivity index (χ0) is 15.2. The SMILES string of the molecule is CCCSc1nsc(NC(=O)CN2CCC(C)C(N)C2)n1. The lowest BCUT2D eigenvalue weighted by Crippen LogP contribution is -2.49. The summed E-state index contributed by atoms with van der Waals surface area (Å²) in [5.74, 6) is 1.49. The number of amides is 1. The van der Waals surface area contributed by atoms with Crippen molar-refractivity contribution in [2.75, 3.05) is 30.7 Å². The van der Waals surface area contributed by atoms with Crippen LogP contribution in [0.15, 0.2) is 5.16 Å². The topological polar surface area (TPSA) is 84.1 Å². The van der Waals surface area contributed by atoms with E-state index in [4.69, 9.17) is 5.73 Å². The van der Waals surface area contributed by atoms with E-state index in [1.807, 2.05) is 0 Å². The summed E-state index contributed by atoms with van der Waals surface area (Å²) in [5.41, 5.74) is 6.05. The van der Waals surface area contributed by atoms with Crippen LogP contribution in [0.25, 0.3) is 0 Å². The lowest BCUT2D eigenvalue weighted by Gasteiger charge is -2.34. The molecule has 1 aromatic heterocycles. The van der Waals surface area contributed by atoms with E-state index >= 15 is 0 Å². The van der Waals surface area contributed by atoms with Crippen LogP contribution in [0.3, 0.4) is 0 Å². The molecular weight excluding hydrogens is 306 g/mol. The summed E-state index contributed by atoms with van der Waals surface area (Å²) in [6, 6.07) is 0.158. The Labute approximate surface area is 134 Å². The van der Waals surface area contributed by atoms with Crippen LogP contribution in [0.1, 0.15) is 26.7 Å². The zero-order valence-electron chi connectivity index (χ0n) is 12.5. The van der Waals surface area contributed by atoms with Crippen LogP contribution in [0, 0.1) is 5.92 Å². The van der Waals surface area contributed by atoms with Crippen molar-refractivity contribution < 1.29 is 4.79 Å². The van der Waals surface area contributed by atoms with Gasteiger partial charge in [-0.3, -0.25) is 15.0 Å². The molecule has 118 valence electrons. The summed E-state index contributed by atoms with van der Waals surface area (Å²) in [7, 11) is 0. The Morgan fingerprint density at radius 3 is 3.14 bits per heavy atom. The number of thioether (sulfide) groups is 1. The van der Waals surface area contributed by atoms with E-state index in [2.05, 4.69) is 33.4 Å². The second-order valence-electron chi connectivity index (χ2n) is 5.44. The largest absolute Gasteiger partial charge is 0.326 e. The van der Waals surface area contributed by atoms with Gasteiger partial charge >= 0.3 is 0 Å². The molecule has 2 rings (SSSR count). The highest BCUT2D eigenvalue weighted by molar-refractivity contribution is 7.99. The number of nitrogens with zero attached hydrogens (tertiary/aromatic N) is 3. The van der Waals surface area contributed by atoms with Gasteiger partial charge in [-0.05, 0) is 25.3 Å². The summed E-state index contributed by atoms with van der Waals surface area (Å²) in [6.07, 6.45) is 2.13. The maximum absolute atomic E-state index is 12.0. The van der Waals surface area contributed by atoms with E-state index in [0.29, 0.717) is 17.6 Å². The predicted octanol–water partition coefficient (Wildman–Crippen LogP) is 1.65. The Bertz CT molecular complexity index is 467. The summed E-state index contributed by atoms with van der Waals surface area (Å²) in [6.45, 7) is 6.36. The lowest BCUT2D eigenvalue weighted by atomic mass is 9.94. The van der Waals surface area contributed by atoms with Crippen molar-refractivity contribution in [3.05, 3.63) is 0 Å². The highest BCUT2D eigenvalue weighted by Gasteiger charge is 2.24. The third kappa shape index (κ3) is 5.21. The molecule has 2 unspecified atom stereocenters. The van der Waals surface area contributed by atoms with Crippen LogP contribution in [-0.4, -0.2) is 51.6 Å². The van der Waals surface area contributed by atoms with Crippen LogP contribution in [-0.2, 0) is 4.79 Å². The highest BCUT2D eigenvalue weighted by Crippen LogP contribution is 2.20. The third-order valence-electron chi connectivity index (χ3n) is 3.56. The standard InChI is InChI=1S/C13H23N5OS2/c1-3-6-20-13-16-12(21-17-13)15-11(19)8-18-5-4-9(2)10(14)7-18/h9-10H,3-8,14H2,1-2H3,(H,15,16,17,19). The van der Waals surface area contributed by atoms with E-state index in [0.717, 1.165) is 36.8 Å². The molecule has 1 saturated heterocycles. The molecule has 0 saturated carbocycles. The van der Waals surface area contributed by atoms with E-state index in [1.165, 1.54) is 11.5 Å². The number of nitrogens with two attached hydrogens (primary N) is 1. The molecule has 1 aliphatic rings. The van der Waals surface area contributed by atoms with Crippen molar-refractivity contribution in [3.8, 4) is 0 Å². The normalized spacial score (nSPS) is 23.2. The number of likely N-dealkylation sites (tertiary alicyclic amines) is 1. The number of rotatable bonds is 6. The van der Waals surface area contributed by atoms with Crippen LogP contribution in [0.2, 0.25) is 0 Å². The van der Waals surface area contributed by atoms with Gasteiger partial charge in [-0.15, -0.1) is 0 Å². The third-order valence-corrected chi connectivity index (χ3v) is 5.36.